The van der Waals surface area contributed by atoms with E-state index in [1.165, 1.54) is 0 Å². The van der Waals surface area contributed by atoms with Crippen molar-refractivity contribution in [3.05, 3.63) is 0 Å². The molecule has 3 nitrogen and oxygen atoms in total. The van der Waals surface area contributed by atoms with Gasteiger partial charge in [-0.05, 0) is 0 Å². The molecule has 0 radical (unpaired) electrons. The van der Waals surface area contributed by atoms with E-state index in [9.17, 15) is 4.79 Å². The van der Waals surface area contributed by atoms with Crippen LogP contribution in [-0.2, 0) is 4.74 Å². The average molecular weight is 180 g/mol. The van der Waals surface area contributed by atoms with Crippen LogP contribution in [0.4, 0.5) is 4.79 Å². The third-order valence-electron chi connectivity index (χ3n) is 0.920. The van der Waals surface area contributed by atoms with Crippen molar-refractivity contribution >= 4 is 22.0 Å². The molecule has 46 valence electrons. The van der Waals surface area contributed by atoms with Crippen molar-refractivity contribution in [1.82, 2.24) is 5.32 Å². The molecular formula is C4H6BrNO2. The van der Waals surface area contributed by atoms with Crippen molar-refractivity contribution < 1.29 is 9.53 Å². The van der Waals surface area contributed by atoms with Gasteiger partial charge in [-0.15, -0.1) is 0 Å². The van der Waals surface area contributed by atoms with E-state index < -0.39 is 0 Å². The molecule has 1 atom stereocenters. The summed E-state index contributed by atoms with van der Waals surface area (Å²) < 4.78 is 4.71. The molecule has 0 aliphatic carbocycles. The lowest BCUT2D eigenvalue weighted by molar-refractivity contribution is 0.150. The van der Waals surface area contributed by atoms with Crippen LogP contribution in [0.25, 0.3) is 0 Å². The van der Waals surface area contributed by atoms with Crippen molar-refractivity contribution in [2.45, 2.75) is 6.10 Å². The molecule has 1 aliphatic heterocycles. The Kier molecular flexibility index (Phi) is 1.73. The number of alkyl carbamates (subject to hydrolysis) is 1. The van der Waals surface area contributed by atoms with Gasteiger partial charge in [0.1, 0.15) is 6.10 Å². The second kappa shape index (κ2) is 2.35. The Bertz CT molecular complexity index is 106. The quantitative estimate of drug-likeness (QED) is 0.596. The first kappa shape index (κ1) is 5.88. The fourth-order valence-corrected chi connectivity index (χ4v) is 0.879. The van der Waals surface area contributed by atoms with Gasteiger partial charge in [-0.25, -0.2) is 4.79 Å². The molecule has 0 aromatic heterocycles. The molecule has 1 fully saturated rings. The van der Waals surface area contributed by atoms with E-state index in [1.54, 1.807) is 0 Å². The van der Waals surface area contributed by atoms with Crippen LogP contribution in [-0.4, -0.2) is 24.1 Å². The minimum Gasteiger partial charge on any atom is -0.443 e. The Morgan fingerprint density at radius 2 is 2.75 bits per heavy atom. The smallest absolute Gasteiger partial charge is 0.407 e. The van der Waals surface area contributed by atoms with Crippen LogP contribution in [0.15, 0.2) is 0 Å². The number of hydrogen-bond acceptors (Lipinski definition) is 2. The minimum absolute atomic E-state index is 0.0301. The van der Waals surface area contributed by atoms with Crippen molar-refractivity contribution in [3.63, 3.8) is 0 Å². The molecule has 0 aromatic carbocycles. The molecule has 0 aromatic rings. The summed E-state index contributed by atoms with van der Waals surface area (Å²) in [5.74, 6) is 0. The van der Waals surface area contributed by atoms with Crippen LogP contribution >= 0.6 is 15.9 Å². The molecule has 1 amide bonds. The molecule has 0 unspecified atom stereocenters. The number of amides is 1. The fourth-order valence-electron chi connectivity index (χ4n) is 0.518. The van der Waals surface area contributed by atoms with Gasteiger partial charge in [-0.1, -0.05) is 15.9 Å². The summed E-state index contributed by atoms with van der Waals surface area (Å²) >= 11 is 3.19. The van der Waals surface area contributed by atoms with Crippen LogP contribution in [0.1, 0.15) is 0 Å². The first-order valence-corrected chi connectivity index (χ1v) is 3.45. The standard InChI is InChI=1S/C4H6BrNO2/c5-1-3-2-6-4(7)8-3/h3H,1-2H2,(H,6,7)/t3-/m1/s1. The van der Waals surface area contributed by atoms with Gasteiger partial charge >= 0.3 is 6.09 Å². The molecular weight excluding hydrogens is 174 g/mol. The second-order valence-corrected chi connectivity index (χ2v) is 2.21. The predicted molar refractivity (Wildman–Crippen MR) is 32.1 cm³/mol. The Balaban J connectivity index is 2.32. The zero-order valence-corrected chi connectivity index (χ0v) is 5.77. The summed E-state index contributed by atoms with van der Waals surface area (Å²) in [6.45, 7) is 0.629. The van der Waals surface area contributed by atoms with E-state index in [0.717, 1.165) is 0 Å². The maximum absolute atomic E-state index is 10.3. The van der Waals surface area contributed by atoms with Crippen LogP contribution in [0.2, 0.25) is 0 Å². The van der Waals surface area contributed by atoms with Gasteiger partial charge in [0.25, 0.3) is 0 Å². The van der Waals surface area contributed by atoms with E-state index >= 15 is 0 Å². The van der Waals surface area contributed by atoms with E-state index in [0.29, 0.717) is 11.9 Å². The SMILES string of the molecule is O=C1NC[C@@H](CBr)O1. The van der Waals surface area contributed by atoms with Gasteiger partial charge in [0.15, 0.2) is 0 Å². The number of carbonyl (C=O) groups excluding carboxylic acids is 1. The molecule has 0 saturated carbocycles. The van der Waals surface area contributed by atoms with Crippen molar-refractivity contribution in [3.8, 4) is 0 Å². The fraction of sp³-hybridized carbons (Fsp3) is 0.750. The highest BCUT2D eigenvalue weighted by Gasteiger charge is 2.20. The Morgan fingerprint density at radius 1 is 2.00 bits per heavy atom. The highest BCUT2D eigenvalue weighted by Crippen LogP contribution is 2.01. The molecule has 4 heteroatoms. The molecule has 1 aliphatic rings. The van der Waals surface area contributed by atoms with Crippen molar-refractivity contribution in [2.24, 2.45) is 0 Å². The molecule has 0 spiro atoms. The Labute approximate surface area is 55.5 Å². The molecule has 0 bridgehead atoms. The van der Waals surface area contributed by atoms with E-state index in [-0.39, 0.29) is 12.2 Å². The molecule has 1 N–H and O–H groups in total. The highest BCUT2D eigenvalue weighted by atomic mass is 79.9. The summed E-state index contributed by atoms with van der Waals surface area (Å²) in [7, 11) is 0. The van der Waals surface area contributed by atoms with Crippen LogP contribution in [0.5, 0.6) is 0 Å². The first-order valence-electron chi connectivity index (χ1n) is 2.33. The van der Waals surface area contributed by atoms with Gasteiger partial charge in [0.2, 0.25) is 0 Å². The lowest BCUT2D eigenvalue weighted by Crippen LogP contribution is -2.15. The third kappa shape index (κ3) is 1.12. The highest BCUT2D eigenvalue weighted by molar-refractivity contribution is 9.09. The van der Waals surface area contributed by atoms with E-state index in [2.05, 4.69) is 21.2 Å². The molecule has 1 heterocycles. The van der Waals surface area contributed by atoms with Gasteiger partial charge in [-0.3, -0.25) is 0 Å². The number of carbonyl (C=O) groups is 1. The van der Waals surface area contributed by atoms with Crippen molar-refractivity contribution in [2.75, 3.05) is 11.9 Å². The number of halogens is 1. The maximum Gasteiger partial charge on any atom is 0.407 e. The minimum atomic E-state index is -0.311. The lowest BCUT2D eigenvalue weighted by atomic mass is 10.4. The predicted octanol–water partition coefficient (Wildman–Crippen LogP) is 0.490. The summed E-state index contributed by atoms with van der Waals surface area (Å²) in [5.41, 5.74) is 0. The van der Waals surface area contributed by atoms with E-state index in [1.807, 2.05) is 0 Å². The number of alkyl halides is 1. The molecule has 8 heavy (non-hydrogen) atoms. The number of hydrogen-bond donors (Lipinski definition) is 1. The zero-order valence-electron chi connectivity index (χ0n) is 4.19. The number of rotatable bonds is 1. The molecule has 1 saturated heterocycles. The largest absolute Gasteiger partial charge is 0.443 e. The summed E-state index contributed by atoms with van der Waals surface area (Å²) in [4.78, 5) is 10.3. The van der Waals surface area contributed by atoms with Crippen molar-refractivity contribution in [1.29, 1.82) is 0 Å². The van der Waals surface area contributed by atoms with Gasteiger partial charge in [0, 0.05) is 5.33 Å². The Hall–Kier alpha value is -0.250. The first-order chi connectivity index (χ1) is 3.83. The van der Waals surface area contributed by atoms with Crippen LogP contribution < -0.4 is 5.32 Å². The van der Waals surface area contributed by atoms with Gasteiger partial charge in [-0.2, -0.15) is 0 Å². The summed E-state index contributed by atoms with van der Waals surface area (Å²) in [5, 5.41) is 3.24. The number of cyclic esters (lactones) is 1. The number of nitrogens with one attached hydrogen (secondary N) is 1. The number of ether oxygens (including phenoxy) is 1. The summed E-state index contributed by atoms with van der Waals surface area (Å²) in [6, 6.07) is 0. The second-order valence-electron chi connectivity index (χ2n) is 1.56. The van der Waals surface area contributed by atoms with Gasteiger partial charge in [0.05, 0.1) is 6.54 Å². The zero-order chi connectivity index (χ0) is 5.98. The maximum atomic E-state index is 10.3. The third-order valence-corrected chi connectivity index (χ3v) is 1.64. The van der Waals surface area contributed by atoms with Crippen LogP contribution in [0, 0.1) is 0 Å². The average Bonchev–Trinajstić information content (AvgIpc) is 2.14. The topological polar surface area (TPSA) is 38.3 Å². The molecule has 1 rings (SSSR count). The Morgan fingerprint density at radius 3 is 3.00 bits per heavy atom. The van der Waals surface area contributed by atoms with Crippen LogP contribution in [0.3, 0.4) is 0 Å². The lowest BCUT2D eigenvalue weighted by Gasteiger charge is -1.98. The normalized spacial score (nSPS) is 27.1. The summed E-state index contributed by atoms with van der Waals surface area (Å²) in [6.07, 6.45) is -0.281. The van der Waals surface area contributed by atoms with E-state index in [4.69, 9.17) is 4.74 Å². The van der Waals surface area contributed by atoms with Gasteiger partial charge < -0.3 is 10.1 Å². The monoisotopic (exact) mass is 179 g/mol.